The van der Waals surface area contributed by atoms with E-state index >= 15 is 0 Å². The van der Waals surface area contributed by atoms with E-state index in [9.17, 15) is 4.39 Å². The van der Waals surface area contributed by atoms with E-state index < -0.39 is 0 Å². The smallest absolute Gasteiger partial charge is 0.0894 e. The first-order chi connectivity index (χ1) is 8.41. The molecule has 0 aliphatic rings. The highest BCUT2D eigenvalue weighted by molar-refractivity contribution is 4.49. The van der Waals surface area contributed by atoms with Crippen LogP contribution in [0.1, 0.15) is 89.9 Å². The van der Waals surface area contributed by atoms with Gasteiger partial charge in [0.25, 0.3) is 0 Å². The van der Waals surface area contributed by atoms with Gasteiger partial charge < -0.3 is 0 Å². The standard InChI is InChI=1S/C16H32F/c1-2-3-4-5-6-7-8-9-10-11-12-13-14-15-16-17/h1-16H2. The van der Waals surface area contributed by atoms with Crippen LogP contribution in [0.15, 0.2) is 0 Å². The molecule has 0 aliphatic heterocycles. The van der Waals surface area contributed by atoms with Gasteiger partial charge in [-0.3, -0.25) is 4.39 Å². The molecule has 0 saturated heterocycles. The van der Waals surface area contributed by atoms with Gasteiger partial charge in [0.05, 0.1) is 6.67 Å². The number of unbranched alkanes of at least 4 members (excludes halogenated alkanes) is 13. The number of hydrogen-bond donors (Lipinski definition) is 0. The minimum Gasteiger partial charge on any atom is -0.251 e. The van der Waals surface area contributed by atoms with E-state index in [0.29, 0.717) is 0 Å². The summed E-state index contributed by atoms with van der Waals surface area (Å²) in [6.07, 6.45) is 18.0. The summed E-state index contributed by atoms with van der Waals surface area (Å²) in [7, 11) is 0. The highest BCUT2D eigenvalue weighted by atomic mass is 19.1. The Morgan fingerprint density at radius 3 is 1.06 bits per heavy atom. The van der Waals surface area contributed by atoms with Crippen molar-refractivity contribution in [3.05, 3.63) is 6.92 Å². The number of hydrogen-bond acceptors (Lipinski definition) is 0. The van der Waals surface area contributed by atoms with E-state index in [2.05, 4.69) is 6.92 Å². The first-order valence-electron chi connectivity index (χ1n) is 7.77. The third kappa shape index (κ3) is 15.9. The SMILES string of the molecule is [CH2]CCCCCCCCCCCCCCCF. The molecule has 0 aromatic rings. The molecule has 0 N–H and O–H groups in total. The zero-order valence-electron chi connectivity index (χ0n) is 11.7. The van der Waals surface area contributed by atoms with Crippen LogP contribution in [0.5, 0.6) is 0 Å². The fraction of sp³-hybridized carbons (Fsp3) is 0.938. The van der Waals surface area contributed by atoms with Crippen molar-refractivity contribution in [1.29, 1.82) is 0 Å². The molecule has 0 aromatic carbocycles. The van der Waals surface area contributed by atoms with Gasteiger partial charge in [-0.1, -0.05) is 90.4 Å². The van der Waals surface area contributed by atoms with Gasteiger partial charge in [0.2, 0.25) is 0 Å². The van der Waals surface area contributed by atoms with Gasteiger partial charge in [0, 0.05) is 0 Å². The molecule has 0 aliphatic carbocycles. The lowest BCUT2D eigenvalue weighted by molar-refractivity contribution is 0.448. The highest BCUT2D eigenvalue weighted by Gasteiger charge is 1.93. The van der Waals surface area contributed by atoms with Crippen LogP contribution in [-0.2, 0) is 0 Å². The van der Waals surface area contributed by atoms with Crippen molar-refractivity contribution < 1.29 is 4.39 Å². The highest BCUT2D eigenvalue weighted by Crippen LogP contribution is 2.12. The third-order valence-corrected chi connectivity index (χ3v) is 3.38. The van der Waals surface area contributed by atoms with Gasteiger partial charge in [-0.2, -0.15) is 0 Å². The van der Waals surface area contributed by atoms with E-state index in [0.717, 1.165) is 19.3 Å². The molecule has 1 heteroatoms. The maximum Gasteiger partial charge on any atom is 0.0894 e. The van der Waals surface area contributed by atoms with Gasteiger partial charge in [0.1, 0.15) is 0 Å². The molecule has 0 fully saturated rings. The summed E-state index contributed by atoms with van der Waals surface area (Å²) in [4.78, 5) is 0. The lowest BCUT2D eigenvalue weighted by Crippen LogP contribution is -1.83. The Morgan fingerprint density at radius 1 is 0.471 bits per heavy atom. The summed E-state index contributed by atoms with van der Waals surface area (Å²) in [5, 5.41) is 0. The minimum absolute atomic E-state index is 0.131. The molecule has 0 nitrogen and oxygen atoms in total. The molecule has 17 heavy (non-hydrogen) atoms. The van der Waals surface area contributed by atoms with Crippen molar-refractivity contribution in [1.82, 2.24) is 0 Å². The van der Waals surface area contributed by atoms with Gasteiger partial charge in [0.15, 0.2) is 0 Å². The van der Waals surface area contributed by atoms with Crippen molar-refractivity contribution in [3.8, 4) is 0 Å². The lowest BCUT2D eigenvalue weighted by Gasteiger charge is -2.02. The van der Waals surface area contributed by atoms with Crippen molar-refractivity contribution in [2.45, 2.75) is 89.9 Å². The summed E-state index contributed by atoms with van der Waals surface area (Å²) in [6.45, 7) is 3.73. The predicted molar refractivity (Wildman–Crippen MR) is 76.0 cm³/mol. The zero-order valence-corrected chi connectivity index (χ0v) is 11.7. The second-order valence-corrected chi connectivity index (χ2v) is 5.14. The average molecular weight is 243 g/mol. The van der Waals surface area contributed by atoms with Crippen LogP contribution < -0.4 is 0 Å². The Labute approximate surface area is 108 Å². The number of halogens is 1. The molecule has 103 valence electrons. The maximum absolute atomic E-state index is 11.8. The molecular weight excluding hydrogens is 211 g/mol. The van der Waals surface area contributed by atoms with E-state index in [1.165, 1.54) is 70.6 Å². The van der Waals surface area contributed by atoms with Crippen molar-refractivity contribution >= 4 is 0 Å². The molecule has 0 aromatic heterocycles. The Balaban J connectivity index is 2.85. The second-order valence-electron chi connectivity index (χ2n) is 5.14. The fourth-order valence-corrected chi connectivity index (χ4v) is 2.22. The number of rotatable bonds is 14. The van der Waals surface area contributed by atoms with E-state index in [-0.39, 0.29) is 6.67 Å². The Bertz CT molecular complexity index is 109. The van der Waals surface area contributed by atoms with Crippen LogP contribution in [-0.4, -0.2) is 6.67 Å². The molecule has 0 spiro atoms. The van der Waals surface area contributed by atoms with E-state index in [1.807, 2.05) is 0 Å². The van der Waals surface area contributed by atoms with Crippen LogP contribution >= 0.6 is 0 Å². The summed E-state index contributed by atoms with van der Waals surface area (Å²) in [5.41, 5.74) is 0. The predicted octanol–water partition coefficient (Wildman–Crippen LogP) is 6.25. The van der Waals surface area contributed by atoms with Crippen molar-refractivity contribution in [3.63, 3.8) is 0 Å². The second kappa shape index (κ2) is 15.9. The van der Waals surface area contributed by atoms with Gasteiger partial charge in [-0.05, 0) is 6.42 Å². The Hall–Kier alpha value is -0.0700. The molecule has 0 saturated carbocycles. The fourth-order valence-electron chi connectivity index (χ4n) is 2.22. The topological polar surface area (TPSA) is 0 Å². The van der Waals surface area contributed by atoms with Gasteiger partial charge in [-0.25, -0.2) is 0 Å². The zero-order chi connectivity index (χ0) is 12.6. The molecule has 0 rings (SSSR count). The molecule has 1 radical (unpaired) electrons. The molecular formula is C16H32F. The summed E-state index contributed by atoms with van der Waals surface area (Å²) < 4.78 is 11.8. The normalized spacial score (nSPS) is 10.9. The molecule has 0 bridgehead atoms. The van der Waals surface area contributed by atoms with E-state index in [4.69, 9.17) is 0 Å². The van der Waals surface area contributed by atoms with Crippen molar-refractivity contribution in [2.75, 3.05) is 6.67 Å². The number of alkyl halides is 1. The first kappa shape index (κ1) is 16.9. The quantitative estimate of drug-likeness (QED) is 0.316. The Morgan fingerprint density at radius 2 is 0.765 bits per heavy atom. The van der Waals surface area contributed by atoms with Crippen LogP contribution in [0.4, 0.5) is 4.39 Å². The summed E-state index contributed by atoms with van der Waals surface area (Å²) in [6, 6.07) is 0. The third-order valence-electron chi connectivity index (χ3n) is 3.38. The van der Waals surface area contributed by atoms with Crippen molar-refractivity contribution in [2.24, 2.45) is 0 Å². The van der Waals surface area contributed by atoms with Gasteiger partial charge >= 0.3 is 0 Å². The molecule has 0 atom stereocenters. The average Bonchev–Trinajstić information content (AvgIpc) is 2.35. The summed E-state index contributed by atoms with van der Waals surface area (Å²) >= 11 is 0. The Kier molecular flexibility index (Phi) is 15.9. The molecule has 0 amide bonds. The molecule has 0 unspecified atom stereocenters. The maximum atomic E-state index is 11.8. The van der Waals surface area contributed by atoms with Crippen LogP contribution in [0.2, 0.25) is 0 Å². The van der Waals surface area contributed by atoms with Crippen LogP contribution in [0.25, 0.3) is 0 Å². The lowest BCUT2D eigenvalue weighted by atomic mass is 10.0. The van der Waals surface area contributed by atoms with Gasteiger partial charge in [-0.15, -0.1) is 0 Å². The van der Waals surface area contributed by atoms with Crippen LogP contribution in [0, 0.1) is 6.92 Å². The monoisotopic (exact) mass is 243 g/mol. The molecule has 0 heterocycles. The van der Waals surface area contributed by atoms with Crippen LogP contribution in [0.3, 0.4) is 0 Å². The largest absolute Gasteiger partial charge is 0.251 e. The van der Waals surface area contributed by atoms with E-state index in [1.54, 1.807) is 0 Å². The summed E-state index contributed by atoms with van der Waals surface area (Å²) in [5.74, 6) is 0. The minimum atomic E-state index is -0.131. The first-order valence-corrected chi connectivity index (χ1v) is 7.77.